The average Bonchev–Trinajstić information content (AvgIpc) is 2.76. The van der Waals surface area contributed by atoms with Crippen LogP contribution in [0.1, 0.15) is 10.6 Å². The summed E-state index contributed by atoms with van der Waals surface area (Å²) in [5.41, 5.74) is 2.70. The van der Waals surface area contributed by atoms with Gasteiger partial charge in [0.25, 0.3) is 0 Å². The third-order valence-corrected chi connectivity index (χ3v) is 4.44. The normalized spacial score (nSPS) is 10.8. The van der Waals surface area contributed by atoms with Crippen molar-refractivity contribution in [3.05, 3.63) is 45.3 Å². The van der Waals surface area contributed by atoms with Gasteiger partial charge in [0.15, 0.2) is 0 Å². The van der Waals surface area contributed by atoms with Gasteiger partial charge in [-0.2, -0.15) is 0 Å². The fourth-order valence-corrected chi connectivity index (χ4v) is 3.37. The molecule has 5 heteroatoms. The Morgan fingerprint density at radius 3 is 2.76 bits per heavy atom. The molecule has 1 radical (unpaired) electrons. The molecule has 1 heterocycles. The van der Waals surface area contributed by atoms with Gasteiger partial charge in [-0.3, -0.25) is 0 Å². The molecule has 0 fully saturated rings. The van der Waals surface area contributed by atoms with Gasteiger partial charge in [0.1, 0.15) is 5.82 Å². The van der Waals surface area contributed by atoms with Gasteiger partial charge in [0, 0.05) is 20.7 Å². The molecule has 0 aliphatic heterocycles. The van der Waals surface area contributed by atoms with E-state index in [1.807, 2.05) is 5.38 Å². The van der Waals surface area contributed by atoms with Crippen molar-refractivity contribution in [2.75, 3.05) is 0 Å². The Kier molecular flexibility index (Phi) is 4.33. The van der Waals surface area contributed by atoms with Crippen molar-refractivity contribution in [1.29, 1.82) is 0 Å². The van der Waals surface area contributed by atoms with Gasteiger partial charge in [0.2, 0.25) is 0 Å². The summed E-state index contributed by atoms with van der Waals surface area (Å²) < 4.78 is 14.0. The van der Waals surface area contributed by atoms with E-state index in [1.54, 1.807) is 11.3 Å². The molecule has 0 aliphatic carbocycles. The Morgan fingerprint density at radius 1 is 1.41 bits per heavy atom. The van der Waals surface area contributed by atoms with E-state index in [1.165, 1.54) is 12.1 Å². The highest BCUT2D eigenvalue weighted by Crippen LogP contribution is 2.34. The highest BCUT2D eigenvalue weighted by Gasteiger charge is 2.13. The third-order valence-electron chi connectivity index (χ3n) is 2.30. The molecule has 0 saturated carbocycles. The van der Waals surface area contributed by atoms with Gasteiger partial charge in [-0.1, -0.05) is 15.9 Å². The molecule has 2 rings (SSSR count). The second-order valence-electron chi connectivity index (χ2n) is 3.43. The highest BCUT2D eigenvalue weighted by molar-refractivity contribution is 9.10. The zero-order valence-electron chi connectivity index (χ0n) is 8.84. The van der Waals surface area contributed by atoms with Crippen LogP contribution in [0.2, 0.25) is 0 Å². The maximum absolute atomic E-state index is 13.3. The number of thiazole rings is 1. The summed E-state index contributed by atoms with van der Waals surface area (Å²) >= 11 is 8.34. The predicted octanol–water partition coefficient (Wildman–Crippen LogP) is 4.98. The zero-order chi connectivity index (χ0) is 12.4. The van der Waals surface area contributed by atoms with Crippen LogP contribution in [0.5, 0.6) is 0 Å². The Morgan fingerprint density at radius 2 is 2.18 bits per heavy atom. The SMILES string of the molecule is [CH2]Cc1nc(-c2c(Br)cc(F)cc2CBr)cs1. The van der Waals surface area contributed by atoms with Crippen molar-refractivity contribution < 1.29 is 4.39 Å². The number of alkyl halides is 1. The lowest BCUT2D eigenvalue weighted by Crippen LogP contribution is -1.91. The smallest absolute Gasteiger partial charge is 0.124 e. The summed E-state index contributed by atoms with van der Waals surface area (Å²) in [7, 11) is 0. The van der Waals surface area contributed by atoms with Gasteiger partial charge in [-0.15, -0.1) is 11.3 Å². The lowest BCUT2D eigenvalue weighted by Gasteiger charge is -2.07. The minimum absolute atomic E-state index is 0.248. The molecular weight excluding hydrogens is 369 g/mol. The zero-order valence-corrected chi connectivity index (χ0v) is 12.8. The van der Waals surface area contributed by atoms with Crippen LogP contribution in [0.25, 0.3) is 11.3 Å². The summed E-state index contributed by atoms with van der Waals surface area (Å²) in [5.74, 6) is -0.248. The summed E-state index contributed by atoms with van der Waals surface area (Å²) in [5, 5.41) is 3.55. The summed E-state index contributed by atoms with van der Waals surface area (Å²) in [6.45, 7) is 3.81. The molecule has 0 bridgehead atoms. The quantitative estimate of drug-likeness (QED) is 0.687. The second kappa shape index (κ2) is 5.59. The van der Waals surface area contributed by atoms with E-state index in [9.17, 15) is 4.39 Å². The maximum atomic E-state index is 13.3. The molecule has 17 heavy (non-hydrogen) atoms. The van der Waals surface area contributed by atoms with E-state index in [4.69, 9.17) is 0 Å². The monoisotopic (exact) mass is 376 g/mol. The van der Waals surface area contributed by atoms with Gasteiger partial charge in [0.05, 0.1) is 10.7 Å². The van der Waals surface area contributed by atoms with Crippen LogP contribution < -0.4 is 0 Å². The molecule has 89 valence electrons. The Bertz CT molecular complexity index is 539. The summed E-state index contributed by atoms with van der Waals surface area (Å²) in [6.07, 6.45) is 0.674. The molecule has 0 spiro atoms. The van der Waals surface area contributed by atoms with Crippen molar-refractivity contribution in [3.63, 3.8) is 0 Å². The topological polar surface area (TPSA) is 12.9 Å². The van der Waals surface area contributed by atoms with Crippen LogP contribution >= 0.6 is 43.2 Å². The molecule has 1 aromatic carbocycles. The molecule has 1 nitrogen and oxygen atoms in total. The molecular formula is C12H9Br2FNS. The molecule has 0 N–H and O–H groups in total. The number of rotatable bonds is 3. The van der Waals surface area contributed by atoms with Gasteiger partial charge in [-0.05, 0) is 47.0 Å². The standard InChI is InChI=1S/C12H9Br2FNS/c1-2-11-16-10(6-17-11)12-7(5-13)3-8(15)4-9(12)14/h3-4,6H,1-2,5H2. The van der Waals surface area contributed by atoms with Crippen LogP contribution in [0, 0.1) is 12.7 Å². The van der Waals surface area contributed by atoms with Gasteiger partial charge in [-0.25, -0.2) is 9.37 Å². The lowest BCUT2D eigenvalue weighted by atomic mass is 10.1. The van der Waals surface area contributed by atoms with Crippen LogP contribution in [0.4, 0.5) is 4.39 Å². The van der Waals surface area contributed by atoms with Gasteiger partial charge < -0.3 is 0 Å². The van der Waals surface area contributed by atoms with Gasteiger partial charge >= 0.3 is 0 Å². The number of nitrogens with zero attached hydrogens (tertiary/aromatic N) is 1. The van der Waals surface area contributed by atoms with Crippen molar-refractivity contribution in [3.8, 4) is 11.3 Å². The van der Waals surface area contributed by atoms with Crippen LogP contribution in [0.3, 0.4) is 0 Å². The van der Waals surface area contributed by atoms with Crippen molar-refractivity contribution in [2.24, 2.45) is 0 Å². The Hall–Kier alpha value is -0.260. The molecule has 1 aromatic heterocycles. The Balaban J connectivity index is 2.57. The minimum Gasteiger partial charge on any atom is -0.241 e. The van der Waals surface area contributed by atoms with E-state index in [0.29, 0.717) is 11.8 Å². The van der Waals surface area contributed by atoms with E-state index < -0.39 is 0 Å². The predicted molar refractivity (Wildman–Crippen MR) is 76.9 cm³/mol. The van der Waals surface area contributed by atoms with E-state index >= 15 is 0 Å². The number of benzene rings is 1. The lowest BCUT2D eigenvalue weighted by molar-refractivity contribution is 0.626. The largest absolute Gasteiger partial charge is 0.241 e. The van der Waals surface area contributed by atoms with Crippen LogP contribution in [-0.2, 0) is 11.8 Å². The fourth-order valence-electron chi connectivity index (χ4n) is 1.56. The number of hydrogen-bond acceptors (Lipinski definition) is 2. The summed E-state index contributed by atoms with van der Waals surface area (Å²) in [4.78, 5) is 4.48. The third kappa shape index (κ3) is 2.77. The number of aromatic nitrogens is 1. The van der Waals surface area contributed by atoms with E-state index in [-0.39, 0.29) is 5.82 Å². The second-order valence-corrected chi connectivity index (χ2v) is 5.79. The maximum Gasteiger partial charge on any atom is 0.124 e. The highest BCUT2D eigenvalue weighted by atomic mass is 79.9. The molecule has 0 aliphatic rings. The summed E-state index contributed by atoms with van der Waals surface area (Å²) in [6, 6.07) is 2.99. The van der Waals surface area contributed by atoms with E-state index in [2.05, 4.69) is 43.8 Å². The molecule has 0 unspecified atom stereocenters. The van der Waals surface area contributed by atoms with Crippen molar-refractivity contribution in [2.45, 2.75) is 11.8 Å². The average molecular weight is 378 g/mol. The first-order chi connectivity index (χ1) is 8.15. The van der Waals surface area contributed by atoms with Crippen LogP contribution in [-0.4, -0.2) is 4.98 Å². The molecule has 0 atom stereocenters. The van der Waals surface area contributed by atoms with E-state index in [0.717, 1.165) is 26.3 Å². The van der Waals surface area contributed by atoms with Crippen LogP contribution in [0.15, 0.2) is 22.0 Å². The first-order valence-electron chi connectivity index (χ1n) is 4.93. The fraction of sp³-hybridized carbons (Fsp3) is 0.167. The molecule has 0 saturated heterocycles. The first-order valence-corrected chi connectivity index (χ1v) is 7.73. The van der Waals surface area contributed by atoms with Crippen molar-refractivity contribution in [1.82, 2.24) is 4.98 Å². The number of hydrogen-bond donors (Lipinski definition) is 0. The Labute approximate surface area is 120 Å². The number of halogens is 3. The molecule has 0 amide bonds. The van der Waals surface area contributed by atoms with Crippen molar-refractivity contribution >= 4 is 43.2 Å². The first kappa shape index (κ1) is 13.2. The molecule has 2 aromatic rings. The minimum atomic E-state index is -0.248.